The van der Waals surface area contributed by atoms with Crippen LogP contribution in [0, 0.1) is 0 Å². The Balaban J connectivity index is 2.29. The molecule has 1 heterocycles. The molecule has 0 spiro atoms. The van der Waals surface area contributed by atoms with Gasteiger partial charge in [0, 0.05) is 26.6 Å². The Morgan fingerprint density at radius 2 is 1.57 bits per heavy atom. The van der Waals surface area contributed by atoms with E-state index < -0.39 is 5.24 Å². The highest BCUT2D eigenvalue weighted by molar-refractivity contribution is 6.68. The van der Waals surface area contributed by atoms with Crippen LogP contribution in [0.2, 0.25) is 10.0 Å². The number of carbonyl (C=O) groups excluding carboxylic acids is 1. The van der Waals surface area contributed by atoms with Crippen LogP contribution in [-0.4, -0.2) is 10.2 Å². The maximum Gasteiger partial charge on any atom is 0.253 e. The molecule has 0 aliphatic heterocycles. The van der Waals surface area contributed by atoms with Gasteiger partial charge in [0.15, 0.2) is 0 Å². The first kappa shape index (κ1) is 14.3. The molecule has 0 amide bonds. The van der Waals surface area contributed by atoms with Crippen LogP contribution in [0.5, 0.6) is 0 Å². The molecule has 21 heavy (non-hydrogen) atoms. The molecule has 3 rings (SSSR count). The van der Waals surface area contributed by atoms with Crippen molar-refractivity contribution in [2.24, 2.45) is 0 Å². The zero-order chi connectivity index (χ0) is 15.0. The summed E-state index contributed by atoms with van der Waals surface area (Å²) >= 11 is 17.6. The van der Waals surface area contributed by atoms with Gasteiger partial charge in [0.05, 0.1) is 11.2 Å². The Hall–Kier alpha value is -1.61. The van der Waals surface area contributed by atoms with Crippen molar-refractivity contribution in [3.05, 3.63) is 64.1 Å². The molecule has 104 valence electrons. The topological polar surface area (TPSA) is 30.0 Å². The molecule has 0 aliphatic carbocycles. The van der Waals surface area contributed by atoms with Gasteiger partial charge in [-0.3, -0.25) is 4.79 Å². The maximum atomic E-state index is 11.7. The summed E-state index contributed by atoms with van der Waals surface area (Å²) in [5, 5.41) is 1.34. The van der Waals surface area contributed by atoms with E-state index in [2.05, 4.69) is 4.98 Å². The fourth-order valence-electron chi connectivity index (χ4n) is 2.13. The van der Waals surface area contributed by atoms with Crippen LogP contribution in [0.1, 0.15) is 10.4 Å². The zero-order valence-electron chi connectivity index (χ0n) is 10.6. The minimum Gasteiger partial charge on any atom is -0.276 e. The van der Waals surface area contributed by atoms with E-state index in [1.807, 2.05) is 12.1 Å². The first-order chi connectivity index (χ1) is 10.0. The fourth-order valence-corrected chi connectivity index (χ4v) is 2.58. The van der Waals surface area contributed by atoms with Gasteiger partial charge in [-0.25, -0.2) is 4.98 Å². The van der Waals surface area contributed by atoms with E-state index in [9.17, 15) is 4.79 Å². The van der Waals surface area contributed by atoms with Crippen LogP contribution in [0.4, 0.5) is 0 Å². The number of halogens is 3. The van der Waals surface area contributed by atoms with Gasteiger partial charge >= 0.3 is 0 Å². The number of hydrogen-bond acceptors (Lipinski definition) is 2. The Morgan fingerprint density at radius 1 is 0.905 bits per heavy atom. The number of rotatable bonds is 2. The Bertz CT molecular complexity index is 844. The molecule has 0 atom stereocenters. The molecule has 1 aromatic heterocycles. The Morgan fingerprint density at radius 3 is 2.24 bits per heavy atom. The van der Waals surface area contributed by atoms with Crippen molar-refractivity contribution in [2.45, 2.75) is 0 Å². The van der Waals surface area contributed by atoms with Crippen LogP contribution in [-0.2, 0) is 0 Å². The van der Waals surface area contributed by atoms with Crippen LogP contribution in [0.15, 0.2) is 48.5 Å². The molecule has 0 bridgehead atoms. The number of aromatic nitrogens is 1. The van der Waals surface area contributed by atoms with Crippen LogP contribution < -0.4 is 0 Å². The predicted molar refractivity (Wildman–Crippen MR) is 87.4 cm³/mol. The number of benzene rings is 2. The minimum absolute atomic E-state index is 0.406. The molecule has 2 aromatic carbocycles. The molecule has 2 nitrogen and oxygen atoms in total. The van der Waals surface area contributed by atoms with E-state index in [-0.39, 0.29) is 0 Å². The molecular formula is C16H8Cl3NO. The third-order valence-corrected chi connectivity index (χ3v) is 3.81. The summed E-state index contributed by atoms with van der Waals surface area (Å²) in [5.74, 6) is 0. The van der Waals surface area contributed by atoms with E-state index in [1.54, 1.807) is 36.4 Å². The van der Waals surface area contributed by atoms with Crippen molar-refractivity contribution >= 4 is 50.9 Å². The predicted octanol–water partition coefficient (Wildman–Crippen LogP) is 5.59. The monoisotopic (exact) mass is 335 g/mol. The largest absolute Gasteiger partial charge is 0.276 e. The number of nitrogens with zero attached hydrogens (tertiary/aromatic N) is 1. The summed E-state index contributed by atoms with van der Waals surface area (Å²) in [5.41, 5.74) is 2.52. The molecule has 0 saturated heterocycles. The standard InChI is InChI=1S/C16H8Cl3NO/c17-10-3-1-9(2-4-10)14-8-13(16(19)21)12-6-5-11(18)7-15(12)20-14/h1-8H. The second-order valence-corrected chi connectivity index (χ2v) is 5.71. The molecule has 0 unspecified atom stereocenters. The number of pyridine rings is 1. The lowest BCUT2D eigenvalue weighted by molar-refractivity contribution is 0.108. The van der Waals surface area contributed by atoms with Gasteiger partial charge in [0.25, 0.3) is 5.24 Å². The van der Waals surface area contributed by atoms with Crippen molar-refractivity contribution in [1.82, 2.24) is 4.98 Å². The van der Waals surface area contributed by atoms with Crippen LogP contribution >= 0.6 is 34.8 Å². The summed E-state index contributed by atoms with van der Waals surface area (Å²) < 4.78 is 0. The zero-order valence-corrected chi connectivity index (χ0v) is 12.9. The first-order valence-electron chi connectivity index (χ1n) is 6.11. The molecule has 0 N–H and O–H groups in total. The summed E-state index contributed by atoms with van der Waals surface area (Å²) in [6.07, 6.45) is 0. The first-order valence-corrected chi connectivity index (χ1v) is 7.24. The van der Waals surface area contributed by atoms with Crippen molar-refractivity contribution in [3.8, 4) is 11.3 Å². The van der Waals surface area contributed by atoms with Crippen LogP contribution in [0.25, 0.3) is 22.2 Å². The number of carbonyl (C=O) groups is 1. The quantitative estimate of drug-likeness (QED) is 0.571. The molecule has 5 heteroatoms. The average Bonchev–Trinajstić information content (AvgIpc) is 2.46. The van der Waals surface area contributed by atoms with E-state index in [4.69, 9.17) is 34.8 Å². The second kappa shape index (κ2) is 5.64. The number of hydrogen-bond donors (Lipinski definition) is 0. The highest BCUT2D eigenvalue weighted by Gasteiger charge is 2.12. The molecule has 0 aliphatic rings. The minimum atomic E-state index is -0.528. The highest BCUT2D eigenvalue weighted by Crippen LogP contribution is 2.28. The smallest absolute Gasteiger partial charge is 0.253 e. The van der Waals surface area contributed by atoms with E-state index in [1.165, 1.54) is 0 Å². The fraction of sp³-hybridized carbons (Fsp3) is 0. The van der Waals surface area contributed by atoms with E-state index in [0.29, 0.717) is 32.2 Å². The molecule has 0 fully saturated rings. The Kier molecular flexibility index (Phi) is 3.85. The lowest BCUT2D eigenvalue weighted by Crippen LogP contribution is -1.95. The second-order valence-electron chi connectivity index (χ2n) is 4.50. The van der Waals surface area contributed by atoms with Gasteiger partial charge in [0.2, 0.25) is 0 Å². The van der Waals surface area contributed by atoms with Crippen molar-refractivity contribution in [1.29, 1.82) is 0 Å². The van der Waals surface area contributed by atoms with E-state index in [0.717, 1.165) is 5.56 Å². The molecule has 0 radical (unpaired) electrons. The van der Waals surface area contributed by atoms with Gasteiger partial charge in [-0.05, 0) is 41.9 Å². The van der Waals surface area contributed by atoms with Gasteiger partial charge in [0.1, 0.15) is 0 Å². The summed E-state index contributed by atoms with van der Waals surface area (Å²) in [6.45, 7) is 0. The number of fused-ring (bicyclic) bond motifs is 1. The SMILES string of the molecule is O=C(Cl)c1cc(-c2ccc(Cl)cc2)nc2cc(Cl)ccc12. The summed E-state index contributed by atoms with van der Waals surface area (Å²) in [4.78, 5) is 16.2. The third kappa shape index (κ3) is 2.88. The van der Waals surface area contributed by atoms with Crippen LogP contribution in [0.3, 0.4) is 0 Å². The third-order valence-electron chi connectivity index (χ3n) is 3.12. The lowest BCUT2D eigenvalue weighted by Gasteiger charge is -2.07. The van der Waals surface area contributed by atoms with Crippen molar-refractivity contribution < 1.29 is 4.79 Å². The van der Waals surface area contributed by atoms with Gasteiger partial charge < -0.3 is 0 Å². The molecular weight excluding hydrogens is 329 g/mol. The maximum absolute atomic E-state index is 11.7. The van der Waals surface area contributed by atoms with Crippen molar-refractivity contribution in [2.75, 3.05) is 0 Å². The summed E-state index contributed by atoms with van der Waals surface area (Å²) in [6, 6.07) is 14.0. The van der Waals surface area contributed by atoms with Gasteiger partial charge in [-0.1, -0.05) is 41.4 Å². The molecule has 0 saturated carbocycles. The van der Waals surface area contributed by atoms with Crippen molar-refractivity contribution in [3.63, 3.8) is 0 Å². The Labute approximate surface area is 136 Å². The lowest BCUT2D eigenvalue weighted by atomic mass is 10.0. The average molecular weight is 337 g/mol. The van der Waals surface area contributed by atoms with Gasteiger partial charge in [-0.15, -0.1) is 0 Å². The van der Waals surface area contributed by atoms with E-state index >= 15 is 0 Å². The van der Waals surface area contributed by atoms with Gasteiger partial charge in [-0.2, -0.15) is 0 Å². The molecule has 3 aromatic rings. The normalized spacial score (nSPS) is 10.8. The highest BCUT2D eigenvalue weighted by atomic mass is 35.5. The summed E-state index contributed by atoms with van der Waals surface area (Å²) in [7, 11) is 0.